The average molecular weight is 529 g/mol. The summed E-state index contributed by atoms with van der Waals surface area (Å²) < 4.78 is 1.62. The first-order valence-electron chi connectivity index (χ1n) is 13.1. The van der Waals surface area contributed by atoms with Gasteiger partial charge in [0.2, 0.25) is 5.91 Å². The summed E-state index contributed by atoms with van der Waals surface area (Å²) in [6, 6.07) is 11.4. The van der Waals surface area contributed by atoms with Gasteiger partial charge in [0.25, 0.3) is 5.91 Å². The smallest absolute Gasteiger partial charge is 0.269 e. The fraction of sp³-hybridized carbons (Fsp3) is 0.414. The van der Waals surface area contributed by atoms with Crippen LogP contribution in [0.15, 0.2) is 36.5 Å². The normalized spacial score (nSPS) is 24.4. The Morgan fingerprint density at radius 3 is 2.71 bits per heavy atom. The van der Waals surface area contributed by atoms with Crippen LogP contribution in [0.5, 0.6) is 0 Å². The molecule has 3 aromatic rings. The van der Waals surface area contributed by atoms with E-state index in [9.17, 15) is 14.9 Å². The van der Waals surface area contributed by atoms with E-state index in [0.29, 0.717) is 22.2 Å². The molecule has 1 saturated heterocycles. The quantitative estimate of drug-likeness (QED) is 0.508. The molecule has 0 bridgehead atoms. The number of fused-ring (bicyclic) bond motifs is 1. The zero-order valence-corrected chi connectivity index (χ0v) is 22.4. The summed E-state index contributed by atoms with van der Waals surface area (Å²) in [4.78, 5) is 32.0. The molecule has 1 aromatic carbocycles. The van der Waals surface area contributed by atoms with Gasteiger partial charge in [-0.3, -0.25) is 19.2 Å². The maximum Gasteiger partial charge on any atom is 0.269 e. The first-order valence-corrected chi connectivity index (χ1v) is 13.4. The van der Waals surface area contributed by atoms with E-state index in [1.54, 1.807) is 23.9 Å². The Kier molecular flexibility index (Phi) is 5.99. The van der Waals surface area contributed by atoms with Crippen LogP contribution in [-0.4, -0.2) is 39.2 Å². The van der Waals surface area contributed by atoms with E-state index in [0.717, 1.165) is 54.0 Å². The van der Waals surface area contributed by atoms with Crippen molar-refractivity contribution in [2.75, 3.05) is 11.4 Å². The first kappa shape index (κ1) is 24.6. The fourth-order valence-electron chi connectivity index (χ4n) is 5.93. The topological polar surface area (TPSA) is 104 Å². The van der Waals surface area contributed by atoms with Gasteiger partial charge in [0, 0.05) is 42.7 Å². The minimum absolute atomic E-state index is 0.0344. The summed E-state index contributed by atoms with van der Waals surface area (Å²) in [5.74, 6) is 1.59. The zero-order chi connectivity index (χ0) is 26.7. The van der Waals surface area contributed by atoms with Crippen LogP contribution in [0.1, 0.15) is 76.5 Å². The van der Waals surface area contributed by atoms with Crippen molar-refractivity contribution in [3.63, 3.8) is 0 Å². The van der Waals surface area contributed by atoms with Gasteiger partial charge in [0.05, 0.1) is 17.3 Å². The molecule has 3 fully saturated rings. The molecule has 2 aliphatic carbocycles. The molecule has 2 amide bonds. The highest BCUT2D eigenvalue weighted by Gasteiger charge is 2.52. The van der Waals surface area contributed by atoms with Crippen molar-refractivity contribution >= 4 is 29.2 Å². The summed E-state index contributed by atoms with van der Waals surface area (Å²) in [5, 5.41) is 17.8. The monoisotopic (exact) mass is 528 g/mol. The van der Waals surface area contributed by atoms with Crippen LogP contribution in [0.3, 0.4) is 0 Å². The van der Waals surface area contributed by atoms with Crippen LogP contribution < -0.4 is 10.2 Å². The second-order valence-electron chi connectivity index (χ2n) is 10.9. The first-order chi connectivity index (χ1) is 18.2. The largest absolute Gasteiger partial charge is 0.348 e. The highest BCUT2D eigenvalue weighted by Crippen LogP contribution is 2.47. The molecule has 3 atom stereocenters. The fourth-order valence-corrected chi connectivity index (χ4v) is 6.11. The van der Waals surface area contributed by atoms with Gasteiger partial charge in [-0.1, -0.05) is 18.5 Å². The zero-order valence-electron chi connectivity index (χ0n) is 21.6. The third-order valence-corrected chi connectivity index (χ3v) is 8.66. The van der Waals surface area contributed by atoms with Crippen molar-refractivity contribution in [3.05, 3.63) is 75.2 Å². The van der Waals surface area contributed by atoms with E-state index in [-0.39, 0.29) is 35.6 Å². The van der Waals surface area contributed by atoms with Gasteiger partial charge < -0.3 is 5.32 Å². The van der Waals surface area contributed by atoms with E-state index < -0.39 is 0 Å². The van der Waals surface area contributed by atoms with Crippen molar-refractivity contribution in [3.8, 4) is 6.07 Å². The molecule has 6 rings (SSSR count). The number of rotatable bonds is 6. The molecule has 1 aliphatic heterocycles. The maximum absolute atomic E-state index is 13.1. The number of nitrogens with zero attached hydrogens (tertiary/aromatic N) is 5. The number of carbonyl (C=O) groups excluding carboxylic acids is 2. The van der Waals surface area contributed by atoms with Gasteiger partial charge in [-0.2, -0.15) is 10.4 Å². The van der Waals surface area contributed by atoms with Crippen LogP contribution in [0.2, 0.25) is 5.02 Å². The molecule has 0 spiro atoms. The summed E-state index contributed by atoms with van der Waals surface area (Å²) in [7, 11) is 1.78. The molecule has 3 aliphatic rings. The molecule has 2 saturated carbocycles. The molecule has 9 heteroatoms. The molecular weight excluding hydrogens is 500 g/mol. The Morgan fingerprint density at radius 2 is 2.03 bits per heavy atom. The Labute approximate surface area is 226 Å². The lowest BCUT2D eigenvalue weighted by atomic mass is 9.74. The number of benzene rings is 1. The Hall–Kier alpha value is -3.70. The van der Waals surface area contributed by atoms with Gasteiger partial charge in [-0.15, -0.1) is 0 Å². The van der Waals surface area contributed by atoms with Crippen molar-refractivity contribution in [1.29, 1.82) is 5.26 Å². The number of aryl methyl sites for hydroxylation is 2. The molecule has 0 radical (unpaired) electrons. The van der Waals surface area contributed by atoms with Crippen molar-refractivity contribution in [1.82, 2.24) is 20.1 Å². The van der Waals surface area contributed by atoms with Crippen molar-refractivity contribution < 1.29 is 9.59 Å². The second-order valence-corrected chi connectivity index (χ2v) is 11.4. The summed E-state index contributed by atoms with van der Waals surface area (Å²) in [5.41, 5.74) is 4.94. The number of halogens is 1. The summed E-state index contributed by atoms with van der Waals surface area (Å²) in [6.45, 7) is 4.85. The van der Waals surface area contributed by atoms with E-state index in [1.165, 1.54) is 0 Å². The van der Waals surface area contributed by atoms with Crippen LogP contribution in [0.25, 0.3) is 0 Å². The predicted molar refractivity (Wildman–Crippen MR) is 143 cm³/mol. The highest BCUT2D eigenvalue weighted by atomic mass is 35.5. The number of nitriles is 1. The average Bonchev–Trinajstić information content (AvgIpc) is 3.43. The van der Waals surface area contributed by atoms with Crippen LogP contribution in [0.4, 0.5) is 5.82 Å². The van der Waals surface area contributed by atoms with Crippen LogP contribution >= 0.6 is 11.6 Å². The lowest BCUT2D eigenvalue weighted by Gasteiger charge is -2.36. The molecular formula is C29H29ClN6O2. The minimum atomic E-state index is -0.162. The van der Waals surface area contributed by atoms with E-state index >= 15 is 0 Å². The SMILES string of the molecule is Cc1cc(N2C[C@H]3C[C@H]3C2=O)ncc1[C@H](C)c1cc(C(=O)NC2CC(c3cc(Cl)ccc3C#N)C2)n(C)n1. The third kappa shape index (κ3) is 4.25. The molecule has 3 heterocycles. The third-order valence-electron chi connectivity index (χ3n) is 8.42. The predicted octanol–water partition coefficient (Wildman–Crippen LogP) is 4.46. The Balaban J connectivity index is 1.11. The lowest BCUT2D eigenvalue weighted by Crippen LogP contribution is -2.44. The summed E-state index contributed by atoms with van der Waals surface area (Å²) in [6.07, 6.45) is 4.38. The number of piperidine rings is 1. The number of hydrogen-bond acceptors (Lipinski definition) is 5. The van der Waals surface area contributed by atoms with Gasteiger partial charge in [0.1, 0.15) is 11.5 Å². The van der Waals surface area contributed by atoms with Crippen LogP contribution in [-0.2, 0) is 11.8 Å². The number of nitrogens with one attached hydrogen (secondary N) is 1. The van der Waals surface area contributed by atoms with E-state index in [1.807, 2.05) is 36.2 Å². The van der Waals surface area contributed by atoms with Crippen molar-refractivity contribution in [2.24, 2.45) is 18.9 Å². The van der Waals surface area contributed by atoms with Gasteiger partial charge >= 0.3 is 0 Å². The summed E-state index contributed by atoms with van der Waals surface area (Å²) >= 11 is 6.14. The highest BCUT2D eigenvalue weighted by molar-refractivity contribution is 6.30. The molecule has 194 valence electrons. The Morgan fingerprint density at radius 1 is 1.24 bits per heavy atom. The minimum Gasteiger partial charge on any atom is -0.348 e. The molecule has 38 heavy (non-hydrogen) atoms. The van der Waals surface area contributed by atoms with E-state index in [2.05, 4.69) is 28.4 Å². The maximum atomic E-state index is 13.1. The Bertz CT molecular complexity index is 1500. The van der Waals surface area contributed by atoms with Gasteiger partial charge in [0.15, 0.2) is 0 Å². The number of anilines is 1. The standard InChI is InChI=1S/C29H29ClN6O2/c1-15-6-27(36-14-19-9-23(19)29(36)38)32-13-24(15)16(2)25-11-26(35(3)34-25)28(37)33-21-7-18(8-21)22-10-20(30)5-4-17(22)12-31/h4-6,10-11,13,16,18-19,21,23H,7-9,14H2,1-3H3,(H,33,37)/t16-,18?,19+,21?,23+/m0/s1. The number of aromatic nitrogens is 3. The number of pyridine rings is 1. The van der Waals surface area contributed by atoms with Crippen LogP contribution in [0, 0.1) is 30.1 Å². The number of carbonyl (C=O) groups is 2. The number of amides is 2. The molecule has 2 aromatic heterocycles. The molecule has 1 N–H and O–H groups in total. The lowest BCUT2D eigenvalue weighted by molar-refractivity contribution is -0.118. The van der Waals surface area contributed by atoms with E-state index in [4.69, 9.17) is 11.6 Å². The number of hydrogen-bond donors (Lipinski definition) is 1. The molecule has 8 nitrogen and oxygen atoms in total. The molecule has 0 unspecified atom stereocenters. The van der Waals surface area contributed by atoms with Crippen molar-refractivity contribution in [2.45, 2.75) is 51.0 Å². The van der Waals surface area contributed by atoms with Gasteiger partial charge in [-0.25, -0.2) is 4.98 Å². The van der Waals surface area contributed by atoms with Gasteiger partial charge in [-0.05, 0) is 85.0 Å². The second kappa shape index (κ2) is 9.25.